The first-order chi connectivity index (χ1) is 8.90. The largest absolute Gasteiger partial charge is 0.318 e. The van der Waals surface area contributed by atoms with Crippen molar-refractivity contribution in [1.29, 1.82) is 0 Å². The van der Waals surface area contributed by atoms with Crippen molar-refractivity contribution in [2.24, 2.45) is 0 Å². The Morgan fingerprint density at radius 3 is 2.83 bits per heavy atom. The van der Waals surface area contributed by atoms with E-state index in [0.717, 1.165) is 12.6 Å². The molecular weight excluding hydrogens is 220 g/mol. The molecule has 0 amide bonds. The number of hydrogen-bond donors (Lipinski definition) is 1. The molecule has 0 bridgehead atoms. The SMILES string of the molecule is CNCC1CCCCN1CCCc1ccccc1. The van der Waals surface area contributed by atoms with Crippen LogP contribution in [0.2, 0.25) is 0 Å². The molecule has 0 aromatic heterocycles. The molecule has 1 heterocycles. The molecule has 1 saturated heterocycles. The van der Waals surface area contributed by atoms with Gasteiger partial charge in [-0.15, -0.1) is 0 Å². The number of nitrogens with zero attached hydrogens (tertiary/aromatic N) is 1. The van der Waals surface area contributed by atoms with E-state index >= 15 is 0 Å². The summed E-state index contributed by atoms with van der Waals surface area (Å²) < 4.78 is 0. The third-order valence-electron chi connectivity index (χ3n) is 3.94. The predicted octanol–water partition coefficient (Wildman–Crippen LogP) is 2.69. The van der Waals surface area contributed by atoms with Gasteiger partial charge in [0.05, 0.1) is 0 Å². The predicted molar refractivity (Wildman–Crippen MR) is 77.9 cm³/mol. The minimum Gasteiger partial charge on any atom is -0.318 e. The van der Waals surface area contributed by atoms with Gasteiger partial charge in [0, 0.05) is 12.6 Å². The molecular formula is C16H26N2. The summed E-state index contributed by atoms with van der Waals surface area (Å²) in [5.74, 6) is 0. The van der Waals surface area contributed by atoms with Crippen molar-refractivity contribution < 1.29 is 0 Å². The quantitative estimate of drug-likeness (QED) is 0.830. The maximum atomic E-state index is 3.33. The Balaban J connectivity index is 1.74. The summed E-state index contributed by atoms with van der Waals surface area (Å²) in [5.41, 5.74) is 1.47. The van der Waals surface area contributed by atoms with E-state index in [1.807, 2.05) is 0 Å². The van der Waals surface area contributed by atoms with Gasteiger partial charge in [-0.1, -0.05) is 36.8 Å². The zero-order chi connectivity index (χ0) is 12.6. The summed E-state index contributed by atoms with van der Waals surface area (Å²) in [6.45, 7) is 3.69. The summed E-state index contributed by atoms with van der Waals surface area (Å²) in [5, 5.41) is 3.33. The molecule has 0 saturated carbocycles. The smallest absolute Gasteiger partial charge is 0.0220 e. The summed E-state index contributed by atoms with van der Waals surface area (Å²) in [7, 11) is 2.07. The maximum Gasteiger partial charge on any atom is 0.0220 e. The van der Waals surface area contributed by atoms with Gasteiger partial charge in [-0.2, -0.15) is 0 Å². The van der Waals surface area contributed by atoms with Crippen LogP contribution in [-0.4, -0.2) is 37.6 Å². The third kappa shape index (κ3) is 4.11. The van der Waals surface area contributed by atoms with Crippen molar-refractivity contribution in [3.05, 3.63) is 35.9 Å². The van der Waals surface area contributed by atoms with Gasteiger partial charge in [0.1, 0.15) is 0 Å². The van der Waals surface area contributed by atoms with Crippen LogP contribution >= 0.6 is 0 Å². The van der Waals surface area contributed by atoms with Crippen molar-refractivity contribution in [3.63, 3.8) is 0 Å². The summed E-state index contributed by atoms with van der Waals surface area (Å²) >= 11 is 0. The highest BCUT2D eigenvalue weighted by Gasteiger charge is 2.20. The first kappa shape index (κ1) is 13.6. The normalized spacial score (nSPS) is 21.1. The van der Waals surface area contributed by atoms with E-state index in [1.165, 1.54) is 50.8 Å². The highest BCUT2D eigenvalue weighted by Crippen LogP contribution is 2.17. The fraction of sp³-hybridized carbons (Fsp3) is 0.625. The molecule has 2 nitrogen and oxygen atoms in total. The van der Waals surface area contributed by atoms with E-state index in [0.29, 0.717) is 0 Å². The number of aryl methyl sites for hydroxylation is 1. The van der Waals surface area contributed by atoms with E-state index in [-0.39, 0.29) is 0 Å². The van der Waals surface area contributed by atoms with Crippen LogP contribution in [-0.2, 0) is 6.42 Å². The second kappa shape index (κ2) is 7.55. The van der Waals surface area contributed by atoms with Gasteiger partial charge in [0.15, 0.2) is 0 Å². The molecule has 1 aliphatic rings. The summed E-state index contributed by atoms with van der Waals surface area (Å²) in [6, 6.07) is 11.6. The average Bonchev–Trinajstić information content (AvgIpc) is 2.42. The second-order valence-electron chi connectivity index (χ2n) is 5.33. The molecule has 100 valence electrons. The minimum atomic E-state index is 0.763. The lowest BCUT2D eigenvalue weighted by Crippen LogP contribution is -2.45. The molecule has 2 rings (SSSR count). The molecule has 18 heavy (non-hydrogen) atoms. The van der Waals surface area contributed by atoms with Crippen LogP contribution in [0.3, 0.4) is 0 Å². The van der Waals surface area contributed by atoms with Crippen LogP contribution in [0.5, 0.6) is 0 Å². The Bertz CT molecular complexity index is 321. The van der Waals surface area contributed by atoms with Gasteiger partial charge >= 0.3 is 0 Å². The van der Waals surface area contributed by atoms with Crippen molar-refractivity contribution >= 4 is 0 Å². The number of likely N-dealkylation sites (N-methyl/N-ethyl adjacent to an activating group) is 1. The zero-order valence-corrected chi connectivity index (χ0v) is 11.6. The van der Waals surface area contributed by atoms with Gasteiger partial charge in [0.25, 0.3) is 0 Å². The Kier molecular flexibility index (Phi) is 5.69. The number of rotatable bonds is 6. The topological polar surface area (TPSA) is 15.3 Å². The molecule has 1 aromatic carbocycles. The Morgan fingerprint density at radius 2 is 2.06 bits per heavy atom. The lowest BCUT2D eigenvalue weighted by Gasteiger charge is -2.35. The minimum absolute atomic E-state index is 0.763. The molecule has 1 unspecified atom stereocenters. The molecule has 1 N–H and O–H groups in total. The Morgan fingerprint density at radius 1 is 1.22 bits per heavy atom. The highest BCUT2D eigenvalue weighted by molar-refractivity contribution is 5.14. The van der Waals surface area contributed by atoms with Crippen LogP contribution in [0.25, 0.3) is 0 Å². The van der Waals surface area contributed by atoms with Crippen molar-refractivity contribution in [3.8, 4) is 0 Å². The number of benzene rings is 1. The van der Waals surface area contributed by atoms with Crippen LogP contribution in [0.1, 0.15) is 31.2 Å². The van der Waals surface area contributed by atoms with Gasteiger partial charge in [0.2, 0.25) is 0 Å². The van der Waals surface area contributed by atoms with Crippen LogP contribution in [0.4, 0.5) is 0 Å². The number of hydrogen-bond acceptors (Lipinski definition) is 2. The maximum absolute atomic E-state index is 3.33. The molecule has 1 atom stereocenters. The number of nitrogens with one attached hydrogen (secondary N) is 1. The van der Waals surface area contributed by atoms with E-state index in [1.54, 1.807) is 0 Å². The van der Waals surface area contributed by atoms with Crippen molar-refractivity contribution in [2.45, 2.75) is 38.1 Å². The van der Waals surface area contributed by atoms with Gasteiger partial charge in [-0.05, 0) is 51.4 Å². The molecule has 0 spiro atoms. The van der Waals surface area contributed by atoms with Crippen LogP contribution < -0.4 is 5.32 Å². The van der Waals surface area contributed by atoms with E-state index < -0.39 is 0 Å². The number of likely N-dealkylation sites (tertiary alicyclic amines) is 1. The van der Waals surface area contributed by atoms with Crippen LogP contribution in [0.15, 0.2) is 30.3 Å². The summed E-state index contributed by atoms with van der Waals surface area (Å²) in [4.78, 5) is 2.68. The van der Waals surface area contributed by atoms with E-state index in [2.05, 4.69) is 47.6 Å². The van der Waals surface area contributed by atoms with Crippen LogP contribution in [0, 0.1) is 0 Å². The lowest BCUT2D eigenvalue weighted by molar-refractivity contribution is 0.146. The second-order valence-corrected chi connectivity index (χ2v) is 5.33. The zero-order valence-electron chi connectivity index (χ0n) is 11.6. The Hall–Kier alpha value is -0.860. The summed E-state index contributed by atoms with van der Waals surface area (Å²) in [6.07, 6.45) is 6.65. The van der Waals surface area contributed by atoms with E-state index in [4.69, 9.17) is 0 Å². The standard InChI is InChI=1S/C16H26N2/c1-17-14-16-11-5-6-12-18(16)13-7-10-15-8-3-2-4-9-15/h2-4,8-9,16-17H,5-7,10-14H2,1H3. The number of piperidine rings is 1. The average molecular weight is 246 g/mol. The molecule has 1 aromatic rings. The first-order valence-corrected chi connectivity index (χ1v) is 7.32. The molecule has 0 radical (unpaired) electrons. The first-order valence-electron chi connectivity index (χ1n) is 7.32. The molecule has 0 aliphatic carbocycles. The van der Waals surface area contributed by atoms with Gasteiger partial charge < -0.3 is 5.32 Å². The van der Waals surface area contributed by atoms with E-state index in [9.17, 15) is 0 Å². The third-order valence-corrected chi connectivity index (χ3v) is 3.94. The monoisotopic (exact) mass is 246 g/mol. The lowest BCUT2D eigenvalue weighted by atomic mass is 10.0. The highest BCUT2D eigenvalue weighted by atomic mass is 15.2. The van der Waals surface area contributed by atoms with Crippen molar-refractivity contribution in [2.75, 3.05) is 26.7 Å². The van der Waals surface area contributed by atoms with Crippen molar-refractivity contribution in [1.82, 2.24) is 10.2 Å². The molecule has 2 heteroatoms. The Labute approximate surface area is 111 Å². The van der Waals surface area contributed by atoms with Gasteiger partial charge in [-0.3, -0.25) is 4.90 Å². The molecule has 1 aliphatic heterocycles. The van der Waals surface area contributed by atoms with Gasteiger partial charge in [-0.25, -0.2) is 0 Å². The fourth-order valence-electron chi connectivity index (χ4n) is 2.95. The fourth-order valence-corrected chi connectivity index (χ4v) is 2.95. The molecule has 1 fully saturated rings.